The van der Waals surface area contributed by atoms with E-state index in [9.17, 15) is 14.0 Å². The Labute approximate surface area is 161 Å². The van der Waals surface area contributed by atoms with Gasteiger partial charge in [-0.05, 0) is 45.0 Å². The summed E-state index contributed by atoms with van der Waals surface area (Å²) in [5, 5.41) is 13.1. The zero-order valence-corrected chi connectivity index (χ0v) is 16.2. The minimum Gasteiger partial charge on any atom is -0.336 e. The van der Waals surface area contributed by atoms with Gasteiger partial charge in [-0.3, -0.25) is 14.7 Å². The van der Waals surface area contributed by atoms with Crippen LogP contribution in [0.25, 0.3) is 11.4 Å². The van der Waals surface area contributed by atoms with Crippen LogP contribution in [0, 0.1) is 5.82 Å². The van der Waals surface area contributed by atoms with Crippen LogP contribution in [0.15, 0.2) is 42.1 Å². The molecule has 0 saturated heterocycles. The Morgan fingerprint density at radius 2 is 1.93 bits per heavy atom. The Bertz CT molecular complexity index is 820. The van der Waals surface area contributed by atoms with Gasteiger partial charge in [-0.25, -0.2) is 9.18 Å². The maximum atomic E-state index is 13.2. The number of halogens is 1. The first-order valence-electron chi connectivity index (χ1n) is 8.39. The molecule has 0 saturated carbocycles. The number of hydrogen-bond donors (Lipinski definition) is 2. The van der Waals surface area contributed by atoms with Gasteiger partial charge in [0.2, 0.25) is 5.91 Å². The van der Waals surface area contributed by atoms with Crippen LogP contribution in [0.1, 0.15) is 20.8 Å². The number of thioether (sulfide) groups is 1. The molecule has 144 valence electrons. The van der Waals surface area contributed by atoms with Gasteiger partial charge in [0.1, 0.15) is 5.82 Å². The van der Waals surface area contributed by atoms with Crippen LogP contribution < -0.4 is 10.6 Å². The number of rotatable bonds is 7. The van der Waals surface area contributed by atoms with Gasteiger partial charge >= 0.3 is 6.03 Å². The lowest BCUT2D eigenvalue weighted by Gasteiger charge is -2.13. The summed E-state index contributed by atoms with van der Waals surface area (Å²) in [6, 6.07) is 5.30. The van der Waals surface area contributed by atoms with Gasteiger partial charge in [-0.15, -0.1) is 16.8 Å². The van der Waals surface area contributed by atoms with Crippen molar-refractivity contribution in [3.05, 3.63) is 42.7 Å². The number of aromatic nitrogens is 3. The molecular weight excluding hydrogens is 369 g/mol. The Balaban J connectivity index is 2.16. The molecule has 7 nitrogen and oxygen atoms in total. The number of imide groups is 1. The highest BCUT2D eigenvalue weighted by Crippen LogP contribution is 2.27. The highest BCUT2D eigenvalue weighted by molar-refractivity contribution is 8.00. The van der Waals surface area contributed by atoms with Crippen LogP contribution in [0.2, 0.25) is 0 Å². The van der Waals surface area contributed by atoms with Crippen molar-refractivity contribution in [1.29, 1.82) is 0 Å². The van der Waals surface area contributed by atoms with Gasteiger partial charge < -0.3 is 5.32 Å². The monoisotopic (exact) mass is 391 g/mol. The molecule has 9 heteroatoms. The standard InChI is InChI=1S/C18H22FN5O2S/c1-5-10-24-15(13-6-8-14(19)9-7-13)22-23-18(24)27-12(4)16(25)21-17(26)20-11(2)3/h5-9,11-12H,1,10H2,2-4H3,(H2,20,21,25,26)/t12-/m0/s1. The highest BCUT2D eigenvalue weighted by atomic mass is 32.2. The average Bonchev–Trinajstić information content (AvgIpc) is 2.97. The second-order valence-corrected chi connectivity index (χ2v) is 7.40. The molecule has 2 rings (SSSR count). The van der Waals surface area contributed by atoms with Crippen LogP contribution in [0.4, 0.5) is 9.18 Å². The molecule has 0 unspecified atom stereocenters. The lowest BCUT2D eigenvalue weighted by Crippen LogP contribution is -2.45. The minimum atomic E-state index is -0.572. The molecule has 0 radical (unpaired) electrons. The fourth-order valence-electron chi connectivity index (χ4n) is 2.21. The molecule has 27 heavy (non-hydrogen) atoms. The molecule has 0 bridgehead atoms. The fraction of sp³-hybridized carbons (Fsp3) is 0.333. The summed E-state index contributed by atoms with van der Waals surface area (Å²) in [6.45, 7) is 9.43. The molecule has 3 amide bonds. The molecule has 1 heterocycles. The predicted octanol–water partition coefficient (Wildman–Crippen LogP) is 2.99. The highest BCUT2D eigenvalue weighted by Gasteiger charge is 2.22. The average molecular weight is 391 g/mol. The summed E-state index contributed by atoms with van der Waals surface area (Å²) < 4.78 is 14.9. The number of nitrogens with one attached hydrogen (secondary N) is 2. The Hall–Kier alpha value is -2.68. The van der Waals surface area contributed by atoms with Gasteiger partial charge in [0, 0.05) is 18.2 Å². The first-order valence-corrected chi connectivity index (χ1v) is 9.27. The van der Waals surface area contributed by atoms with Crippen molar-refractivity contribution in [3.63, 3.8) is 0 Å². The molecule has 1 aromatic carbocycles. The van der Waals surface area contributed by atoms with Crippen molar-refractivity contribution in [2.75, 3.05) is 0 Å². The van der Waals surface area contributed by atoms with Gasteiger partial charge in [0.25, 0.3) is 0 Å². The number of benzene rings is 1. The van der Waals surface area contributed by atoms with Crippen molar-refractivity contribution in [2.45, 2.75) is 43.8 Å². The SMILES string of the molecule is C=CCn1c(S[C@@H](C)C(=O)NC(=O)NC(C)C)nnc1-c1ccc(F)cc1. The van der Waals surface area contributed by atoms with Gasteiger partial charge in [0.15, 0.2) is 11.0 Å². The van der Waals surface area contributed by atoms with Crippen LogP contribution in [0.3, 0.4) is 0 Å². The molecule has 2 aromatic rings. The largest absolute Gasteiger partial charge is 0.336 e. The van der Waals surface area contributed by atoms with E-state index < -0.39 is 17.2 Å². The minimum absolute atomic E-state index is 0.0743. The number of allylic oxidation sites excluding steroid dienone is 1. The van der Waals surface area contributed by atoms with Crippen molar-refractivity contribution < 1.29 is 14.0 Å². The molecule has 1 atom stereocenters. The zero-order valence-electron chi connectivity index (χ0n) is 15.4. The van der Waals surface area contributed by atoms with E-state index in [2.05, 4.69) is 27.4 Å². The molecule has 0 spiro atoms. The molecule has 0 aliphatic heterocycles. The third-order valence-electron chi connectivity index (χ3n) is 3.44. The summed E-state index contributed by atoms with van der Waals surface area (Å²) in [5.74, 6) is -0.231. The molecule has 0 aliphatic rings. The zero-order chi connectivity index (χ0) is 20.0. The number of amides is 3. The van der Waals surface area contributed by atoms with Crippen molar-refractivity contribution in [2.24, 2.45) is 0 Å². The number of carbonyl (C=O) groups is 2. The van der Waals surface area contributed by atoms with E-state index in [-0.39, 0.29) is 11.9 Å². The third-order valence-corrected chi connectivity index (χ3v) is 4.52. The fourth-order valence-corrected chi connectivity index (χ4v) is 3.06. The summed E-state index contributed by atoms with van der Waals surface area (Å²) >= 11 is 1.17. The molecular formula is C18H22FN5O2S. The third kappa shape index (κ3) is 5.65. The Kier molecular flexibility index (Phi) is 7.12. The molecule has 2 N–H and O–H groups in total. The second kappa shape index (κ2) is 9.31. The first kappa shape index (κ1) is 20.6. The normalized spacial score (nSPS) is 11.9. The summed E-state index contributed by atoms with van der Waals surface area (Å²) in [7, 11) is 0. The van der Waals surface area contributed by atoms with E-state index >= 15 is 0 Å². The number of hydrogen-bond acceptors (Lipinski definition) is 5. The number of urea groups is 1. The summed E-state index contributed by atoms with van der Waals surface area (Å²) in [6.07, 6.45) is 1.68. The Morgan fingerprint density at radius 3 is 2.52 bits per heavy atom. The van der Waals surface area contributed by atoms with Crippen LogP contribution in [-0.2, 0) is 11.3 Å². The topological polar surface area (TPSA) is 88.9 Å². The predicted molar refractivity (Wildman–Crippen MR) is 103 cm³/mol. The summed E-state index contributed by atoms with van der Waals surface area (Å²) in [4.78, 5) is 23.9. The van der Waals surface area contributed by atoms with Gasteiger partial charge in [-0.2, -0.15) is 0 Å². The quantitative estimate of drug-likeness (QED) is 0.560. The van der Waals surface area contributed by atoms with Gasteiger partial charge in [-0.1, -0.05) is 17.8 Å². The van der Waals surface area contributed by atoms with Crippen molar-refractivity contribution >= 4 is 23.7 Å². The lowest BCUT2D eigenvalue weighted by atomic mass is 10.2. The number of nitrogens with zero attached hydrogens (tertiary/aromatic N) is 3. The lowest BCUT2D eigenvalue weighted by molar-refractivity contribution is -0.119. The van der Waals surface area contributed by atoms with Gasteiger partial charge in [0.05, 0.1) is 5.25 Å². The van der Waals surface area contributed by atoms with E-state index in [0.717, 1.165) is 0 Å². The Morgan fingerprint density at radius 1 is 1.26 bits per heavy atom. The van der Waals surface area contributed by atoms with Crippen LogP contribution in [-0.4, -0.2) is 38.0 Å². The number of carbonyl (C=O) groups excluding carboxylic acids is 2. The maximum Gasteiger partial charge on any atom is 0.321 e. The smallest absolute Gasteiger partial charge is 0.321 e. The van der Waals surface area contributed by atoms with E-state index in [4.69, 9.17) is 0 Å². The van der Waals surface area contributed by atoms with Crippen LogP contribution >= 0.6 is 11.8 Å². The van der Waals surface area contributed by atoms with Crippen molar-refractivity contribution in [1.82, 2.24) is 25.4 Å². The van der Waals surface area contributed by atoms with E-state index in [1.165, 1.54) is 23.9 Å². The molecule has 1 aromatic heterocycles. The van der Waals surface area contributed by atoms with E-state index in [1.807, 2.05) is 0 Å². The maximum absolute atomic E-state index is 13.2. The summed E-state index contributed by atoms with van der Waals surface area (Å²) in [5.41, 5.74) is 0.700. The molecule has 0 aliphatic carbocycles. The van der Waals surface area contributed by atoms with E-state index in [0.29, 0.717) is 23.1 Å². The molecule has 0 fully saturated rings. The first-order chi connectivity index (χ1) is 12.8. The van der Waals surface area contributed by atoms with Crippen molar-refractivity contribution in [3.8, 4) is 11.4 Å². The van der Waals surface area contributed by atoms with Crippen LogP contribution in [0.5, 0.6) is 0 Å². The van der Waals surface area contributed by atoms with E-state index in [1.54, 1.807) is 43.5 Å². The second-order valence-electron chi connectivity index (χ2n) is 6.09.